The summed E-state index contributed by atoms with van der Waals surface area (Å²) < 4.78 is 20.5. The zero-order valence-electron chi connectivity index (χ0n) is 11.4. The number of methoxy groups -OCH3 is 3. The maximum absolute atomic E-state index is 11.9. The van der Waals surface area contributed by atoms with E-state index in [0.29, 0.717) is 17.2 Å². The third-order valence-electron chi connectivity index (χ3n) is 2.42. The molecule has 1 atom stereocenters. The van der Waals surface area contributed by atoms with Crippen LogP contribution in [0.2, 0.25) is 0 Å². The molecular formula is C14H16O5. The highest BCUT2D eigenvalue weighted by molar-refractivity contribution is 5.91. The summed E-state index contributed by atoms with van der Waals surface area (Å²) in [4.78, 5) is 11.9. The standard InChI is InChI=1S/C14H16O5/c1-6-9(2)19-14(15)10-7-11(16-3)13(18-5)12(8-10)17-4/h1,7-9H,2-5H3/t9-/m0/s1. The maximum atomic E-state index is 11.9. The van der Waals surface area contributed by atoms with Gasteiger partial charge in [-0.25, -0.2) is 4.79 Å². The first-order chi connectivity index (χ1) is 9.07. The first-order valence-corrected chi connectivity index (χ1v) is 5.54. The normalized spacial score (nSPS) is 11.1. The zero-order chi connectivity index (χ0) is 14.4. The molecule has 1 aromatic rings. The van der Waals surface area contributed by atoms with E-state index in [4.69, 9.17) is 25.4 Å². The summed E-state index contributed by atoms with van der Waals surface area (Å²) in [6.45, 7) is 1.61. The minimum absolute atomic E-state index is 0.275. The number of hydrogen-bond donors (Lipinski definition) is 0. The van der Waals surface area contributed by atoms with Gasteiger partial charge < -0.3 is 18.9 Å². The molecule has 0 aliphatic heterocycles. The van der Waals surface area contributed by atoms with E-state index in [-0.39, 0.29) is 5.56 Å². The maximum Gasteiger partial charge on any atom is 0.339 e. The Labute approximate surface area is 112 Å². The molecule has 0 spiro atoms. The first-order valence-electron chi connectivity index (χ1n) is 5.54. The summed E-state index contributed by atoms with van der Waals surface area (Å²) in [7, 11) is 4.42. The fourth-order valence-electron chi connectivity index (χ4n) is 1.46. The number of esters is 1. The van der Waals surface area contributed by atoms with E-state index in [0.717, 1.165) is 0 Å². The molecule has 0 bridgehead atoms. The summed E-state index contributed by atoms with van der Waals surface area (Å²) in [5, 5.41) is 0. The lowest BCUT2D eigenvalue weighted by Crippen LogP contribution is -2.13. The number of terminal acetylenes is 1. The summed E-state index contributed by atoms with van der Waals surface area (Å²) in [5.41, 5.74) is 0.275. The van der Waals surface area contributed by atoms with Crippen LogP contribution < -0.4 is 14.2 Å². The molecule has 0 unspecified atom stereocenters. The van der Waals surface area contributed by atoms with Crippen LogP contribution in [0.25, 0.3) is 0 Å². The Balaban J connectivity index is 3.16. The molecule has 0 aliphatic carbocycles. The molecule has 5 heteroatoms. The van der Waals surface area contributed by atoms with E-state index < -0.39 is 12.1 Å². The highest BCUT2D eigenvalue weighted by Gasteiger charge is 2.18. The summed E-state index contributed by atoms with van der Waals surface area (Å²) >= 11 is 0. The van der Waals surface area contributed by atoms with Crippen LogP contribution in [0.5, 0.6) is 17.2 Å². The van der Waals surface area contributed by atoms with Gasteiger partial charge in [-0.05, 0) is 19.1 Å². The minimum atomic E-state index is -0.605. The molecular weight excluding hydrogens is 248 g/mol. The van der Waals surface area contributed by atoms with Gasteiger partial charge in [0, 0.05) is 0 Å². The molecule has 1 aromatic carbocycles. The minimum Gasteiger partial charge on any atom is -0.493 e. The van der Waals surface area contributed by atoms with E-state index >= 15 is 0 Å². The van der Waals surface area contributed by atoms with Crippen molar-refractivity contribution in [1.82, 2.24) is 0 Å². The first kappa shape index (κ1) is 14.7. The summed E-state index contributed by atoms with van der Waals surface area (Å²) in [6.07, 6.45) is 4.55. The summed E-state index contributed by atoms with van der Waals surface area (Å²) in [6, 6.07) is 3.01. The van der Waals surface area contributed by atoms with E-state index in [1.165, 1.54) is 33.5 Å². The lowest BCUT2D eigenvalue weighted by atomic mass is 10.2. The highest BCUT2D eigenvalue weighted by Crippen LogP contribution is 2.38. The van der Waals surface area contributed by atoms with Crippen molar-refractivity contribution in [2.75, 3.05) is 21.3 Å². The molecule has 0 amide bonds. The van der Waals surface area contributed by atoms with E-state index in [1.54, 1.807) is 6.92 Å². The average molecular weight is 264 g/mol. The highest BCUT2D eigenvalue weighted by atomic mass is 16.5. The van der Waals surface area contributed by atoms with Crippen LogP contribution in [0.3, 0.4) is 0 Å². The molecule has 0 saturated heterocycles. The van der Waals surface area contributed by atoms with Crippen LogP contribution in [-0.2, 0) is 4.74 Å². The second-order valence-corrected chi connectivity index (χ2v) is 3.63. The molecule has 0 radical (unpaired) electrons. The number of carbonyl (C=O) groups excluding carboxylic acids is 1. The van der Waals surface area contributed by atoms with Crippen LogP contribution >= 0.6 is 0 Å². The van der Waals surface area contributed by atoms with Crippen molar-refractivity contribution in [2.45, 2.75) is 13.0 Å². The van der Waals surface area contributed by atoms with Gasteiger partial charge in [-0.2, -0.15) is 0 Å². The zero-order valence-corrected chi connectivity index (χ0v) is 11.4. The van der Waals surface area contributed by atoms with Crippen LogP contribution in [-0.4, -0.2) is 33.4 Å². The summed E-state index contributed by atoms with van der Waals surface area (Å²) in [5.74, 6) is 2.93. The van der Waals surface area contributed by atoms with E-state index in [2.05, 4.69) is 5.92 Å². The predicted molar refractivity (Wildman–Crippen MR) is 69.8 cm³/mol. The van der Waals surface area contributed by atoms with Gasteiger partial charge in [-0.3, -0.25) is 0 Å². The lowest BCUT2D eigenvalue weighted by molar-refractivity contribution is 0.0438. The molecule has 0 heterocycles. The molecule has 19 heavy (non-hydrogen) atoms. The van der Waals surface area contributed by atoms with Crippen molar-refractivity contribution < 1.29 is 23.7 Å². The average Bonchev–Trinajstić information content (AvgIpc) is 2.44. The molecule has 1 rings (SSSR count). The van der Waals surface area contributed by atoms with Gasteiger partial charge in [0.25, 0.3) is 0 Å². The number of carbonyl (C=O) groups is 1. The Bertz CT molecular complexity index is 476. The van der Waals surface area contributed by atoms with Gasteiger partial charge in [-0.15, -0.1) is 6.42 Å². The Morgan fingerprint density at radius 1 is 1.16 bits per heavy atom. The Morgan fingerprint density at radius 3 is 2.05 bits per heavy atom. The molecule has 102 valence electrons. The number of ether oxygens (including phenoxy) is 4. The second kappa shape index (κ2) is 6.55. The van der Waals surface area contributed by atoms with Crippen LogP contribution in [0.1, 0.15) is 17.3 Å². The predicted octanol–water partition coefficient (Wildman–Crippen LogP) is 1.89. The van der Waals surface area contributed by atoms with Crippen molar-refractivity contribution in [3.05, 3.63) is 17.7 Å². The second-order valence-electron chi connectivity index (χ2n) is 3.63. The van der Waals surface area contributed by atoms with Gasteiger partial charge in [0.1, 0.15) is 0 Å². The van der Waals surface area contributed by atoms with E-state index in [9.17, 15) is 4.79 Å². The van der Waals surface area contributed by atoms with E-state index in [1.807, 2.05) is 0 Å². The van der Waals surface area contributed by atoms with Crippen LogP contribution in [0.4, 0.5) is 0 Å². The van der Waals surface area contributed by atoms with Crippen molar-refractivity contribution in [2.24, 2.45) is 0 Å². The van der Waals surface area contributed by atoms with Crippen LogP contribution in [0, 0.1) is 12.3 Å². The monoisotopic (exact) mass is 264 g/mol. The SMILES string of the molecule is C#C[C@H](C)OC(=O)c1cc(OC)c(OC)c(OC)c1. The number of rotatable bonds is 5. The fourth-order valence-corrected chi connectivity index (χ4v) is 1.46. The molecule has 0 fully saturated rings. The van der Waals surface area contributed by atoms with Crippen molar-refractivity contribution in [1.29, 1.82) is 0 Å². The van der Waals surface area contributed by atoms with Gasteiger partial charge in [0.2, 0.25) is 5.75 Å². The molecule has 0 N–H and O–H groups in total. The van der Waals surface area contributed by atoms with Gasteiger partial charge in [0.05, 0.1) is 26.9 Å². The number of benzene rings is 1. The Kier molecular flexibility index (Phi) is 5.07. The van der Waals surface area contributed by atoms with Gasteiger partial charge in [-0.1, -0.05) is 5.92 Å². The van der Waals surface area contributed by atoms with Crippen molar-refractivity contribution in [3.8, 4) is 29.6 Å². The van der Waals surface area contributed by atoms with Gasteiger partial charge in [0.15, 0.2) is 17.6 Å². The number of hydrogen-bond acceptors (Lipinski definition) is 5. The third-order valence-corrected chi connectivity index (χ3v) is 2.42. The Morgan fingerprint density at radius 2 is 1.68 bits per heavy atom. The smallest absolute Gasteiger partial charge is 0.339 e. The van der Waals surface area contributed by atoms with Gasteiger partial charge >= 0.3 is 5.97 Å². The van der Waals surface area contributed by atoms with Crippen molar-refractivity contribution in [3.63, 3.8) is 0 Å². The third kappa shape index (κ3) is 3.32. The Hall–Kier alpha value is -2.35. The molecule has 0 aliphatic rings. The molecule has 5 nitrogen and oxygen atoms in total. The van der Waals surface area contributed by atoms with Crippen LogP contribution in [0.15, 0.2) is 12.1 Å². The molecule has 0 saturated carbocycles. The largest absolute Gasteiger partial charge is 0.493 e. The topological polar surface area (TPSA) is 54.0 Å². The van der Waals surface area contributed by atoms with Crippen molar-refractivity contribution >= 4 is 5.97 Å². The lowest BCUT2D eigenvalue weighted by Gasteiger charge is -2.14. The quantitative estimate of drug-likeness (QED) is 0.600. The fraction of sp³-hybridized carbons (Fsp3) is 0.357. The molecule has 0 aromatic heterocycles.